The molecule has 1 aromatic carbocycles. The summed E-state index contributed by atoms with van der Waals surface area (Å²) in [5, 5.41) is 19.1. The Labute approximate surface area is 198 Å². The molecule has 8 nitrogen and oxygen atoms in total. The number of halogens is 1. The third-order valence-corrected chi connectivity index (χ3v) is 6.02. The molecule has 0 bridgehead atoms. The van der Waals surface area contributed by atoms with Crippen LogP contribution in [0.1, 0.15) is 56.9 Å². The van der Waals surface area contributed by atoms with Crippen molar-refractivity contribution in [1.29, 1.82) is 5.26 Å². The minimum atomic E-state index is -0.851. The van der Waals surface area contributed by atoms with Crippen molar-refractivity contribution in [2.75, 3.05) is 6.54 Å². The lowest BCUT2D eigenvalue weighted by atomic mass is 9.87. The SMILES string of the molecule is CC(C)(C)C[C@H](NC(=O)c1cc2c(Cl)cccc2[nH]1)C(=O)N[C@H](C#N)C[C@@H]1CCCNC1=O. The summed E-state index contributed by atoms with van der Waals surface area (Å²) < 4.78 is 0. The number of hydrogen-bond donors (Lipinski definition) is 4. The van der Waals surface area contributed by atoms with Crippen molar-refractivity contribution < 1.29 is 14.4 Å². The van der Waals surface area contributed by atoms with Crippen molar-refractivity contribution >= 4 is 40.2 Å². The van der Waals surface area contributed by atoms with Crippen LogP contribution in [0.15, 0.2) is 24.3 Å². The van der Waals surface area contributed by atoms with Crippen molar-refractivity contribution in [2.24, 2.45) is 11.3 Å². The van der Waals surface area contributed by atoms with E-state index in [4.69, 9.17) is 11.6 Å². The average molecular weight is 472 g/mol. The first-order valence-electron chi connectivity index (χ1n) is 11.1. The monoisotopic (exact) mass is 471 g/mol. The van der Waals surface area contributed by atoms with E-state index in [0.717, 1.165) is 17.3 Å². The quantitative estimate of drug-likeness (QED) is 0.494. The van der Waals surface area contributed by atoms with Crippen LogP contribution in [0.25, 0.3) is 10.9 Å². The molecule has 176 valence electrons. The topological polar surface area (TPSA) is 127 Å². The summed E-state index contributed by atoms with van der Waals surface area (Å²) in [5.41, 5.74) is 0.755. The molecule has 1 aliphatic heterocycles. The van der Waals surface area contributed by atoms with Crippen LogP contribution in [0.4, 0.5) is 0 Å². The van der Waals surface area contributed by atoms with Gasteiger partial charge in [0.15, 0.2) is 0 Å². The second kappa shape index (κ2) is 10.3. The van der Waals surface area contributed by atoms with Crippen LogP contribution in [-0.4, -0.2) is 41.3 Å². The zero-order valence-corrected chi connectivity index (χ0v) is 19.9. The molecule has 1 fully saturated rings. The highest BCUT2D eigenvalue weighted by atomic mass is 35.5. The standard InChI is InChI=1S/C24H30ClN5O3/c1-24(2,3)12-20(23(33)28-15(13-26)10-14-6-5-9-27-21(14)31)30-22(32)19-11-16-17(25)7-4-8-18(16)29-19/h4,7-8,11,14-15,20,29H,5-6,9-10,12H2,1-3H3,(H,27,31)(H,28,33)(H,30,32)/t14-,15-,20-/m0/s1. The number of nitrogens with one attached hydrogen (secondary N) is 4. The van der Waals surface area contributed by atoms with E-state index in [2.05, 4.69) is 27.0 Å². The molecule has 2 heterocycles. The Morgan fingerprint density at radius 2 is 2.06 bits per heavy atom. The summed E-state index contributed by atoms with van der Waals surface area (Å²) in [5.74, 6) is -1.29. The van der Waals surface area contributed by atoms with E-state index in [9.17, 15) is 19.6 Å². The largest absolute Gasteiger partial charge is 0.356 e. The number of aromatic amines is 1. The number of amides is 3. The highest BCUT2D eigenvalue weighted by molar-refractivity contribution is 6.35. The normalized spacial score (nSPS) is 18.2. The Balaban J connectivity index is 1.72. The smallest absolute Gasteiger partial charge is 0.268 e. The molecule has 0 aliphatic carbocycles. The van der Waals surface area contributed by atoms with Gasteiger partial charge in [0.05, 0.1) is 6.07 Å². The lowest BCUT2D eigenvalue weighted by Gasteiger charge is -2.28. The molecule has 4 N–H and O–H groups in total. The average Bonchev–Trinajstić information content (AvgIpc) is 3.19. The molecule has 3 amide bonds. The number of H-pyrrole nitrogens is 1. The van der Waals surface area contributed by atoms with Crippen LogP contribution < -0.4 is 16.0 Å². The van der Waals surface area contributed by atoms with Gasteiger partial charge >= 0.3 is 0 Å². The van der Waals surface area contributed by atoms with Gasteiger partial charge in [-0.3, -0.25) is 14.4 Å². The van der Waals surface area contributed by atoms with Crippen LogP contribution in [0.2, 0.25) is 5.02 Å². The van der Waals surface area contributed by atoms with Gasteiger partial charge in [-0.2, -0.15) is 5.26 Å². The third kappa shape index (κ3) is 6.48. The van der Waals surface area contributed by atoms with Gasteiger partial charge < -0.3 is 20.9 Å². The number of fused-ring (bicyclic) bond motifs is 1. The summed E-state index contributed by atoms with van der Waals surface area (Å²) in [7, 11) is 0. The molecule has 1 aromatic heterocycles. The van der Waals surface area contributed by atoms with Gasteiger partial charge in [-0.05, 0) is 49.3 Å². The van der Waals surface area contributed by atoms with Crippen molar-refractivity contribution in [3.05, 3.63) is 35.0 Å². The van der Waals surface area contributed by atoms with Gasteiger partial charge in [0, 0.05) is 28.4 Å². The lowest BCUT2D eigenvalue weighted by molar-refractivity contribution is -0.128. The van der Waals surface area contributed by atoms with Crippen LogP contribution in [0, 0.1) is 22.7 Å². The van der Waals surface area contributed by atoms with E-state index in [1.54, 1.807) is 18.2 Å². The molecule has 0 radical (unpaired) electrons. The summed E-state index contributed by atoms with van der Waals surface area (Å²) in [6, 6.07) is 7.40. The van der Waals surface area contributed by atoms with Gasteiger partial charge in [0.25, 0.3) is 5.91 Å². The molecule has 0 spiro atoms. The number of piperidine rings is 1. The third-order valence-electron chi connectivity index (χ3n) is 5.69. The minimum absolute atomic E-state index is 0.0900. The second-order valence-electron chi connectivity index (χ2n) is 9.73. The fraction of sp³-hybridized carbons (Fsp3) is 0.500. The molecule has 0 saturated carbocycles. The molecule has 3 rings (SSSR count). The van der Waals surface area contributed by atoms with Crippen LogP contribution in [-0.2, 0) is 9.59 Å². The molecule has 2 aromatic rings. The van der Waals surface area contributed by atoms with Crippen molar-refractivity contribution in [2.45, 2.75) is 58.5 Å². The maximum atomic E-state index is 13.1. The number of nitriles is 1. The number of carbonyl (C=O) groups excluding carboxylic acids is 3. The first-order valence-corrected chi connectivity index (χ1v) is 11.5. The molecule has 1 aliphatic rings. The second-order valence-corrected chi connectivity index (χ2v) is 10.1. The minimum Gasteiger partial charge on any atom is -0.356 e. The number of carbonyl (C=O) groups is 3. The van der Waals surface area contributed by atoms with E-state index in [1.807, 2.05) is 26.8 Å². The highest BCUT2D eigenvalue weighted by Crippen LogP contribution is 2.25. The molecule has 0 unspecified atom stereocenters. The molecule has 9 heteroatoms. The first kappa shape index (κ1) is 24.6. The molecular weight excluding hydrogens is 442 g/mol. The number of hydrogen-bond acceptors (Lipinski definition) is 4. The van der Waals surface area contributed by atoms with E-state index in [-0.39, 0.29) is 23.7 Å². The number of nitrogens with zero attached hydrogens (tertiary/aromatic N) is 1. The number of rotatable bonds is 7. The van der Waals surface area contributed by atoms with Gasteiger partial charge in [-0.25, -0.2) is 0 Å². The highest BCUT2D eigenvalue weighted by Gasteiger charge is 2.31. The maximum absolute atomic E-state index is 13.1. The summed E-state index contributed by atoms with van der Waals surface area (Å²) in [4.78, 5) is 41.1. The van der Waals surface area contributed by atoms with Gasteiger partial charge in [-0.15, -0.1) is 0 Å². The zero-order valence-electron chi connectivity index (χ0n) is 19.1. The Hall–Kier alpha value is -3.05. The summed E-state index contributed by atoms with van der Waals surface area (Å²) in [6.07, 6.45) is 2.14. The predicted octanol–water partition coefficient (Wildman–Crippen LogP) is 3.28. The lowest BCUT2D eigenvalue weighted by Crippen LogP contribution is -2.51. The zero-order chi connectivity index (χ0) is 24.2. The summed E-state index contributed by atoms with van der Waals surface area (Å²) >= 11 is 6.21. The Bertz CT molecular complexity index is 1080. The van der Waals surface area contributed by atoms with Crippen LogP contribution >= 0.6 is 11.6 Å². The molecule has 3 atom stereocenters. The summed E-state index contributed by atoms with van der Waals surface area (Å²) in [6.45, 7) is 6.54. The van der Waals surface area contributed by atoms with Gasteiger partial charge in [0.2, 0.25) is 11.8 Å². The van der Waals surface area contributed by atoms with E-state index < -0.39 is 23.9 Å². The van der Waals surface area contributed by atoms with Gasteiger partial charge in [0.1, 0.15) is 17.8 Å². The Morgan fingerprint density at radius 1 is 1.30 bits per heavy atom. The molecule has 33 heavy (non-hydrogen) atoms. The first-order chi connectivity index (χ1) is 15.6. The molecular formula is C24H30ClN5O3. The maximum Gasteiger partial charge on any atom is 0.268 e. The van der Waals surface area contributed by atoms with E-state index in [1.165, 1.54) is 0 Å². The van der Waals surface area contributed by atoms with E-state index >= 15 is 0 Å². The molecule has 1 saturated heterocycles. The van der Waals surface area contributed by atoms with Crippen molar-refractivity contribution in [3.8, 4) is 6.07 Å². The van der Waals surface area contributed by atoms with Gasteiger partial charge in [-0.1, -0.05) is 38.4 Å². The van der Waals surface area contributed by atoms with Crippen LogP contribution in [0.3, 0.4) is 0 Å². The fourth-order valence-electron chi connectivity index (χ4n) is 4.06. The Morgan fingerprint density at radius 3 is 2.70 bits per heavy atom. The van der Waals surface area contributed by atoms with Crippen molar-refractivity contribution in [1.82, 2.24) is 20.9 Å². The van der Waals surface area contributed by atoms with Crippen LogP contribution in [0.5, 0.6) is 0 Å². The number of aromatic nitrogens is 1. The fourth-order valence-corrected chi connectivity index (χ4v) is 4.29. The van der Waals surface area contributed by atoms with E-state index in [0.29, 0.717) is 30.1 Å². The number of benzene rings is 1. The van der Waals surface area contributed by atoms with Crippen molar-refractivity contribution in [3.63, 3.8) is 0 Å². The predicted molar refractivity (Wildman–Crippen MR) is 127 cm³/mol. The Kier molecular flexibility index (Phi) is 7.65.